The molecule has 1 heterocycles. The fraction of sp³-hybridized carbons (Fsp3) is 1.00. The molecule has 0 aliphatic carbocycles. The van der Waals surface area contributed by atoms with Gasteiger partial charge in [0.2, 0.25) is 0 Å². The summed E-state index contributed by atoms with van der Waals surface area (Å²) in [6.07, 6.45) is 4.07. The first-order chi connectivity index (χ1) is 5.83. The van der Waals surface area contributed by atoms with Crippen LogP contribution < -0.4 is 0 Å². The maximum atomic E-state index is 8.68. The van der Waals surface area contributed by atoms with Crippen molar-refractivity contribution in [1.82, 2.24) is 4.90 Å². The van der Waals surface area contributed by atoms with Gasteiger partial charge in [0, 0.05) is 19.7 Å². The van der Waals surface area contributed by atoms with Gasteiger partial charge < -0.3 is 14.7 Å². The molecule has 0 bridgehead atoms. The van der Waals surface area contributed by atoms with Gasteiger partial charge in [-0.05, 0) is 26.3 Å². The average molecular weight is 173 g/mol. The molecular formula is C9H19NO2. The lowest BCUT2D eigenvalue weighted by Gasteiger charge is -2.26. The van der Waals surface area contributed by atoms with Crippen LogP contribution in [0.3, 0.4) is 0 Å². The normalized spacial score (nSPS) is 24.8. The molecule has 3 heteroatoms. The van der Waals surface area contributed by atoms with Gasteiger partial charge in [-0.25, -0.2) is 0 Å². The van der Waals surface area contributed by atoms with Crippen molar-refractivity contribution in [3.8, 4) is 0 Å². The molecule has 1 N–H and O–H groups in total. The second-order valence-electron chi connectivity index (χ2n) is 3.47. The predicted octanol–water partition coefficient (Wildman–Crippen LogP) is 0.480. The van der Waals surface area contributed by atoms with Crippen molar-refractivity contribution in [2.75, 3.05) is 33.4 Å². The van der Waals surface area contributed by atoms with E-state index in [1.807, 2.05) is 7.05 Å². The largest absolute Gasteiger partial charge is 0.395 e. The van der Waals surface area contributed by atoms with Crippen molar-refractivity contribution in [1.29, 1.82) is 0 Å². The first-order valence-corrected chi connectivity index (χ1v) is 4.74. The number of aliphatic hydroxyl groups excluding tert-OH is 1. The molecule has 1 aliphatic heterocycles. The molecule has 72 valence electrons. The van der Waals surface area contributed by atoms with Crippen LogP contribution in [0.25, 0.3) is 0 Å². The lowest BCUT2D eigenvalue weighted by atomic mass is 10.1. The Balaban J connectivity index is 2.11. The zero-order valence-corrected chi connectivity index (χ0v) is 7.83. The molecule has 1 unspecified atom stereocenters. The molecule has 1 saturated heterocycles. The van der Waals surface area contributed by atoms with E-state index in [1.165, 1.54) is 19.3 Å². The van der Waals surface area contributed by atoms with E-state index in [0.717, 1.165) is 19.7 Å². The summed E-state index contributed by atoms with van der Waals surface area (Å²) in [6, 6.07) is 0. The third-order valence-corrected chi connectivity index (χ3v) is 2.27. The van der Waals surface area contributed by atoms with Crippen molar-refractivity contribution < 1.29 is 9.84 Å². The minimum atomic E-state index is 0.239. The lowest BCUT2D eigenvalue weighted by Crippen LogP contribution is -2.34. The Labute approximate surface area is 74.3 Å². The Kier molecular flexibility index (Phi) is 4.58. The molecule has 0 aromatic rings. The molecule has 0 amide bonds. The minimum absolute atomic E-state index is 0.239. The van der Waals surface area contributed by atoms with E-state index in [-0.39, 0.29) is 6.61 Å². The molecule has 1 rings (SSSR count). The van der Waals surface area contributed by atoms with Crippen LogP contribution in [-0.2, 0) is 4.74 Å². The van der Waals surface area contributed by atoms with E-state index in [1.54, 1.807) is 0 Å². The zero-order valence-electron chi connectivity index (χ0n) is 7.83. The Morgan fingerprint density at radius 3 is 2.92 bits per heavy atom. The number of aliphatic hydroxyl groups is 1. The summed E-state index contributed by atoms with van der Waals surface area (Å²) < 4.78 is 5.57. The lowest BCUT2D eigenvalue weighted by molar-refractivity contribution is -0.00324. The summed E-state index contributed by atoms with van der Waals surface area (Å²) in [6.45, 7) is 2.86. The van der Waals surface area contributed by atoms with Gasteiger partial charge in [0.1, 0.15) is 0 Å². The summed E-state index contributed by atoms with van der Waals surface area (Å²) in [4.78, 5) is 2.12. The number of hydrogen-bond acceptors (Lipinski definition) is 3. The Hall–Kier alpha value is -0.120. The third-order valence-electron chi connectivity index (χ3n) is 2.27. The van der Waals surface area contributed by atoms with E-state index in [2.05, 4.69) is 4.90 Å². The molecule has 0 aromatic heterocycles. The second kappa shape index (κ2) is 5.51. The zero-order chi connectivity index (χ0) is 8.81. The van der Waals surface area contributed by atoms with E-state index in [9.17, 15) is 0 Å². The highest BCUT2D eigenvalue weighted by Crippen LogP contribution is 2.12. The highest BCUT2D eigenvalue weighted by atomic mass is 16.5. The van der Waals surface area contributed by atoms with E-state index < -0.39 is 0 Å². The van der Waals surface area contributed by atoms with Crippen molar-refractivity contribution in [3.05, 3.63) is 0 Å². The van der Waals surface area contributed by atoms with E-state index >= 15 is 0 Å². The van der Waals surface area contributed by atoms with Gasteiger partial charge in [0.15, 0.2) is 0 Å². The Morgan fingerprint density at radius 2 is 2.33 bits per heavy atom. The smallest absolute Gasteiger partial charge is 0.0701 e. The molecule has 3 nitrogen and oxygen atoms in total. The third kappa shape index (κ3) is 3.52. The van der Waals surface area contributed by atoms with Crippen LogP contribution in [0.15, 0.2) is 0 Å². The first kappa shape index (κ1) is 9.96. The van der Waals surface area contributed by atoms with Crippen molar-refractivity contribution in [3.63, 3.8) is 0 Å². The fourth-order valence-electron chi connectivity index (χ4n) is 1.56. The van der Waals surface area contributed by atoms with Crippen LogP contribution in [0.4, 0.5) is 0 Å². The Morgan fingerprint density at radius 1 is 1.50 bits per heavy atom. The van der Waals surface area contributed by atoms with Gasteiger partial charge in [0.05, 0.1) is 12.7 Å². The molecule has 12 heavy (non-hydrogen) atoms. The number of nitrogens with zero attached hydrogens (tertiary/aromatic N) is 1. The molecule has 0 saturated carbocycles. The Bertz CT molecular complexity index is 113. The van der Waals surface area contributed by atoms with Crippen LogP contribution >= 0.6 is 0 Å². The topological polar surface area (TPSA) is 32.7 Å². The molecule has 0 spiro atoms. The van der Waals surface area contributed by atoms with Gasteiger partial charge in [0.25, 0.3) is 0 Å². The summed E-state index contributed by atoms with van der Waals surface area (Å²) in [7, 11) is 2.02. The molecule has 1 aliphatic rings. The van der Waals surface area contributed by atoms with Crippen LogP contribution in [0.2, 0.25) is 0 Å². The van der Waals surface area contributed by atoms with Gasteiger partial charge >= 0.3 is 0 Å². The molecule has 0 aromatic carbocycles. The molecular weight excluding hydrogens is 154 g/mol. The van der Waals surface area contributed by atoms with E-state index in [4.69, 9.17) is 9.84 Å². The minimum Gasteiger partial charge on any atom is -0.395 e. The second-order valence-corrected chi connectivity index (χ2v) is 3.47. The van der Waals surface area contributed by atoms with Gasteiger partial charge in [-0.15, -0.1) is 0 Å². The number of rotatable bonds is 4. The summed E-state index contributed by atoms with van der Waals surface area (Å²) in [5.74, 6) is 0. The van der Waals surface area contributed by atoms with E-state index in [0.29, 0.717) is 6.10 Å². The summed E-state index contributed by atoms with van der Waals surface area (Å²) >= 11 is 0. The number of hydrogen-bond donors (Lipinski definition) is 1. The highest BCUT2D eigenvalue weighted by Gasteiger charge is 2.14. The van der Waals surface area contributed by atoms with Gasteiger partial charge in [-0.1, -0.05) is 0 Å². The maximum absolute atomic E-state index is 8.68. The first-order valence-electron chi connectivity index (χ1n) is 4.74. The standard InChI is InChI=1S/C9H19NO2/c1-10(5-6-11)8-9-4-2-3-7-12-9/h9,11H,2-8H2,1H3. The summed E-state index contributed by atoms with van der Waals surface area (Å²) in [5, 5.41) is 8.68. The SMILES string of the molecule is CN(CCO)CC1CCCCO1. The van der Waals surface area contributed by atoms with Crippen molar-refractivity contribution >= 4 is 0 Å². The molecule has 0 radical (unpaired) electrons. The fourth-order valence-corrected chi connectivity index (χ4v) is 1.56. The summed E-state index contributed by atoms with van der Waals surface area (Å²) in [5.41, 5.74) is 0. The molecule has 1 fully saturated rings. The van der Waals surface area contributed by atoms with Crippen molar-refractivity contribution in [2.45, 2.75) is 25.4 Å². The monoisotopic (exact) mass is 173 g/mol. The number of likely N-dealkylation sites (N-methyl/N-ethyl adjacent to an activating group) is 1. The highest BCUT2D eigenvalue weighted by molar-refractivity contribution is 4.67. The number of ether oxygens (including phenoxy) is 1. The van der Waals surface area contributed by atoms with Crippen LogP contribution in [-0.4, -0.2) is 49.5 Å². The quantitative estimate of drug-likeness (QED) is 0.671. The van der Waals surface area contributed by atoms with Crippen LogP contribution in [0, 0.1) is 0 Å². The van der Waals surface area contributed by atoms with Gasteiger partial charge in [-0.3, -0.25) is 0 Å². The van der Waals surface area contributed by atoms with Crippen molar-refractivity contribution in [2.24, 2.45) is 0 Å². The average Bonchev–Trinajstić information content (AvgIpc) is 2.06. The molecule has 1 atom stereocenters. The predicted molar refractivity (Wildman–Crippen MR) is 48.2 cm³/mol. The van der Waals surface area contributed by atoms with Gasteiger partial charge in [-0.2, -0.15) is 0 Å². The maximum Gasteiger partial charge on any atom is 0.0701 e. The van der Waals surface area contributed by atoms with Crippen LogP contribution in [0.5, 0.6) is 0 Å². The van der Waals surface area contributed by atoms with Crippen LogP contribution in [0.1, 0.15) is 19.3 Å².